The van der Waals surface area contributed by atoms with Crippen LogP contribution < -0.4 is 10.6 Å². The maximum atomic E-state index is 11.6. The van der Waals surface area contributed by atoms with Crippen molar-refractivity contribution in [3.8, 4) is 0 Å². The molecular formula is C15H18N2O4. The molecular weight excluding hydrogens is 272 g/mol. The number of hydrogen-bond acceptors (Lipinski definition) is 4. The highest BCUT2D eigenvalue weighted by atomic mass is 16.5. The largest absolute Gasteiger partial charge is 0.449 e. The number of imide groups is 1. The van der Waals surface area contributed by atoms with Crippen LogP contribution in [0.5, 0.6) is 0 Å². The van der Waals surface area contributed by atoms with Gasteiger partial charge < -0.3 is 10.1 Å². The molecule has 3 amide bonds. The first-order valence-corrected chi connectivity index (χ1v) is 6.41. The van der Waals surface area contributed by atoms with Crippen LogP contribution in [0.2, 0.25) is 0 Å². The molecule has 0 radical (unpaired) electrons. The normalized spacial score (nSPS) is 11.8. The zero-order chi connectivity index (χ0) is 15.8. The Morgan fingerprint density at radius 2 is 1.90 bits per heavy atom. The minimum Gasteiger partial charge on any atom is -0.449 e. The SMILES string of the molecule is CNC(=O)NC(=O)[C@@H](C)OC(=O)/C=C/c1ccccc1C. The zero-order valence-electron chi connectivity index (χ0n) is 12.2. The Labute approximate surface area is 123 Å². The summed E-state index contributed by atoms with van der Waals surface area (Å²) in [5, 5.41) is 4.26. The Kier molecular flexibility index (Phi) is 6.13. The highest BCUT2D eigenvalue weighted by Crippen LogP contribution is 2.09. The smallest absolute Gasteiger partial charge is 0.331 e. The number of esters is 1. The lowest BCUT2D eigenvalue weighted by Crippen LogP contribution is -2.43. The molecule has 1 aromatic rings. The molecule has 0 saturated carbocycles. The van der Waals surface area contributed by atoms with E-state index in [2.05, 4.69) is 5.32 Å². The summed E-state index contributed by atoms with van der Waals surface area (Å²) in [7, 11) is 1.38. The lowest BCUT2D eigenvalue weighted by atomic mass is 10.1. The number of nitrogens with one attached hydrogen (secondary N) is 2. The molecule has 1 aromatic carbocycles. The third kappa shape index (κ3) is 5.48. The van der Waals surface area contributed by atoms with Crippen LogP contribution >= 0.6 is 0 Å². The van der Waals surface area contributed by atoms with Gasteiger partial charge in [-0.05, 0) is 31.1 Å². The molecule has 6 heteroatoms. The van der Waals surface area contributed by atoms with Gasteiger partial charge in [0.05, 0.1) is 0 Å². The molecule has 1 atom stereocenters. The summed E-state index contributed by atoms with van der Waals surface area (Å²) in [5.41, 5.74) is 1.91. The first kappa shape index (κ1) is 16.4. The van der Waals surface area contributed by atoms with Gasteiger partial charge in [-0.25, -0.2) is 9.59 Å². The monoisotopic (exact) mass is 290 g/mol. The van der Waals surface area contributed by atoms with Crippen LogP contribution in [0.15, 0.2) is 30.3 Å². The summed E-state index contributed by atoms with van der Waals surface area (Å²) in [6, 6.07) is 6.89. The minimum atomic E-state index is -1.06. The van der Waals surface area contributed by atoms with Gasteiger partial charge in [0.15, 0.2) is 6.10 Å². The summed E-state index contributed by atoms with van der Waals surface area (Å²) in [4.78, 5) is 34.1. The van der Waals surface area contributed by atoms with Crippen molar-refractivity contribution in [1.82, 2.24) is 10.6 Å². The van der Waals surface area contributed by atoms with E-state index >= 15 is 0 Å². The summed E-state index contributed by atoms with van der Waals surface area (Å²) >= 11 is 0. The number of carbonyl (C=O) groups is 3. The molecule has 0 aliphatic carbocycles. The molecule has 0 saturated heterocycles. The molecule has 1 rings (SSSR count). The standard InChI is InChI=1S/C15H18N2O4/c1-10-6-4-5-7-12(10)8-9-13(18)21-11(2)14(19)17-15(20)16-3/h4-9,11H,1-3H3,(H2,16,17,19,20)/b9-8+/t11-/m1/s1. The number of hydrogen-bond donors (Lipinski definition) is 2. The second-order valence-electron chi connectivity index (χ2n) is 4.34. The van der Waals surface area contributed by atoms with E-state index < -0.39 is 24.0 Å². The highest BCUT2D eigenvalue weighted by Gasteiger charge is 2.18. The molecule has 0 aromatic heterocycles. The van der Waals surface area contributed by atoms with E-state index in [9.17, 15) is 14.4 Å². The van der Waals surface area contributed by atoms with Gasteiger partial charge in [-0.2, -0.15) is 0 Å². The lowest BCUT2D eigenvalue weighted by Gasteiger charge is -2.11. The van der Waals surface area contributed by atoms with Crippen LogP contribution in [0.25, 0.3) is 6.08 Å². The number of rotatable bonds is 4. The van der Waals surface area contributed by atoms with Crippen molar-refractivity contribution >= 4 is 24.0 Å². The quantitative estimate of drug-likeness (QED) is 0.648. The molecule has 2 N–H and O–H groups in total. The van der Waals surface area contributed by atoms with Crippen molar-refractivity contribution in [2.75, 3.05) is 7.05 Å². The maximum Gasteiger partial charge on any atom is 0.331 e. The Morgan fingerprint density at radius 3 is 2.52 bits per heavy atom. The molecule has 0 aliphatic rings. The van der Waals surface area contributed by atoms with Crippen LogP contribution in [-0.2, 0) is 14.3 Å². The Balaban J connectivity index is 2.55. The van der Waals surface area contributed by atoms with E-state index in [4.69, 9.17) is 4.74 Å². The molecule has 0 spiro atoms. The number of urea groups is 1. The van der Waals surface area contributed by atoms with E-state index in [1.165, 1.54) is 20.0 Å². The van der Waals surface area contributed by atoms with Crippen LogP contribution in [0.3, 0.4) is 0 Å². The van der Waals surface area contributed by atoms with Crippen LogP contribution in [0, 0.1) is 6.92 Å². The van der Waals surface area contributed by atoms with Crippen molar-refractivity contribution in [2.24, 2.45) is 0 Å². The van der Waals surface area contributed by atoms with E-state index in [-0.39, 0.29) is 0 Å². The fourth-order valence-electron chi connectivity index (χ4n) is 1.47. The van der Waals surface area contributed by atoms with Crippen molar-refractivity contribution in [3.05, 3.63) is 41.5 Å². The average molecular weight is 290 g/mol. The molecule has 0 unspecified atom stereocenters. The molecule has 112 valence electrons. The third-order valence-corrected chi connectivity index (χ3v) is 2.71. The molecule has 0 bridgehead atoms. The fourth-order valence-corrected chi connectivity index (χ4v) is 1.47. The van der Waals surface area contributed by atoms with Gasteiger partial charge in [0, 0.05) is 13.1 Å². The van der Waals surface area contributed by atoms with Crippen molar-refractivity contribution in [3.63, 3.8) is 0 Å². The molecule has 0 fully saturated rings. The van der Waals surface area contributed by atoms with E-state index in [1.807, 2.05) is 36.5 Å². The van der Waals surface area contributed by atoms with Crippen molar-refractivity contribution in [1.29, 1.82) is 0 Å². The maximum absolute atomic E-state index is 11.6. The van der Waals surface area contributed by atoms with Crippen LogP contribution in [-0.4, -0.2) is 31.1 Å². The average Bonchev–Trinajstić information content (AvgIpc) is 2.46. The van der Waals surface area contributed by atoms with Crippen LogP contribution in [0.1, 0.15) is 18.1 Å². The molecule has 0 heterocycles. The topological polar surface area (TPSA) is 84.5 Å². The lowest BCUT2D eigenvalue weighted by molar-refractivity contribution is -0.149. The predicted molar refractivity (Wildman–Crippen MR) is 78.4 cm³/mol. The zero-order valence-corrected chi connectivity index (χ0v) is 12.2. The molecule has 0 aliphatic heterocycles. The van der Waals surface area contributed by atoms with Gasteiger partial charge in [-0.15, -0.1) is 0 Å². The second-order valence-corrected chi connectivity index (χ2v) is 4.34. The van der Waals surface area contributed by atoms with Crippen molar-refractivity contribution < 1.29 is 19.1 Å². The Bertz CT molecular complexity index is 567. The summed E-state index contributed by atoms with van der Waals surface area (Å²) in [5.74, 6) is -1.34. The van der Waals surface area contributed by atoms with E-state index in [1.54, 1.807) is 6.08 Å². The number of benzene rings is 1. The number of carbonyl (C=O) groups excluding carboxylic acids is 3. The molecule has 6 nitrogen and oxygen atoms in total. The summed E-state index contributed by atoms with van der Waals surface area (Å²) < 4.78 is 4.90. The number of amides is 3. The predicted octanol–water partition coefficient (Wildman–Crippen LogP) is 1.40. The van der Waals surface area contributed by atoms with Gasteiger partial charge >= 0.3 is 12.0 Å². The summed E-state index contributed by atoms with van der Waals surface area (Å²) in [6.07, 6.45) is 1.80. The van der Waals surface area contributed by atoms with Gasteiger partial charge in [0.1, 0.15) is 0 Å². The third-order valence-electron chi connectivity index (χ3n) is 2.71. The number of aryl methyl sites for hydroxylation is 1. The van der Waals surface area contributed by atoms with Gasteiger partial charge in [-0.1, -0.05) is 24.3 Å². The van der Waals surface area contributed by atoms with E-state index in [0.717, 1.165) is 11.1 Å². The first-order valence-electron chi connectivity index (χ1n) is 6.41. The van der Waals surface area contributed by atoms with Gasteiger partial charge in [0.2, 0.25) is 0 Å². The second kappa shape index (κ2) is 7.84. The Morgan fingerprint density at radius 1 is 1.24 bits per heavy atom. The first-order chi connectivity index (χ1) is 9.93. The van der Waals surface area contributed by atoms with Gasteiger partial charge in [0.25, 0.3) is 5.91 Å². The highest BCUT2D eigenvalue weighted by molar-refractivity contribution is 5.98. The number of ether oxygens (including phenoxy) is 1. The summed E-state index contributed by atoms with van der Waals surface area (Å²) in [6.45, 7) is 3.31. The minimum absolute atomic E-state index is 0.654. The van der Waals surface area contributed by atoms with Crippen LogP contribution in [0.4, 0.5) is 4.79 Å². The van der Waals surface area contributed by atoms with E-state index in [0.29, 0.717) is 0 Å². The fraction of sp³-hybridized carbons (Fsp3) is 0.267. The van der Waals surface area contributed by atoms with Crippen molar-refractivity contribution in [2.45, 2.75) is 20.0 Å². The van der Waals surface area contributed by atoms with Gasteiger partial charge in [-0.3, -0.25) is 10.1 Å². The molecule has 21 heavy (non-hydrogen) atoms. The Hall–Kier alpha value is -2.63.